The van der Waals surface area contributed by atoms with Crippen molar-refractivity contribution < 1.29 is 9.90 Å². The highest BCUT2D eigenvalue weighted by atomic mass is 16.3. The highest BCUT2D eigenvalue weighted by Gasteiger charge is 2.33. The second kappa shape index (κ2) is 5.09. The van der Waals surface area contributed by atoms with Gasteiger partial charge in [-0.25, -0.2) is 0 Å². The normalized spacial score (nSPS) is 22.3. The highest BCUT2D eigenvalue weighted by molar-refractivity contribution is 5.80. The molecule has 20 heavy (non-hydrogen) atoms. The third-order valence-corrected chi connectivity index (χ3v) is 3.80. The van der Waals surface area contributed by atoms with Gasteiger partial charge in [-0.2, -0.15) is 5.10 Å². The molecule has 1 heterocycles. The number of aliphatic hydroxyl groups is 1. The van der Waals surface area contributed by atoms with Crippen LogP contribution in [0.1, 0.15) is 30.1 Å². The van der Waals surface area contributed by atoms with Crippen molar-refractivity contribution in [3.8, 4) is 0 Å². The first-order chi connectivity index (χ1) is 9.66. The fraction of sp³-hybridized carbons (Fsp3) is 0.333. The molecule has 0 bridgehead atoms. The first-order valence-corrected chi connectivity index (χ1v) is 6.72. The summed E-state index contributed by atoms with van der Waals surface area (Å²) >= 11 is 0. The molecule has 1 aromatic carbocycles. The summed E-state index contributed by atoms with van der Waals surface area (Å²) in [4.78, 5) is 12.3. The summed E-state index contributed by atoms with van der Waals surface area (Å²) in [6, 6.07) is 8.86. The van der Waals surface area contributed by atoms with Gasteiger partial charge in [-0.15, -0.1) is 0 Å². The van der Waals surface area contributed by atoms with E-state index in [1.807, 2.05) is 24.3 Å². The van der Waals surface area contributed by atoms with E-state index in [-0.39, 0.29) is 11.9 Å². The minimum atomic E-state index is -0.568. The molecule has 0 aliphatic heterocycles. The van der Waals surface area contributed by atoms with Crippen molar-refractivity contribution in [2.45, 2.75) is 31.5 Å². The van der Waals surface area contributed by atoms with Gasteiger partial charge in [0.05, 0.1) is 12.1 Å². The van der Waals surface area contributed by atoms with Gasteiger partial charge in [-0.1, -0.05) is 24.3 Å². The van der Waals surface area contributed by atoms with Gasteiger partial charge < -0.3 is 10.4 Å². The Morgan fingerprint density at radius 3 is 3.00 bits per heavy atom. The van der Waals surface area contributed by atoms with E-state index in [9.17, 15) is 9.90 Å². The maximum Gasteiger partial charge on any atom is 0.245 e. The predicted molar refractivity (Wildman–Crippen MR) is 74.0 cm³/mol. The predicted octanol–water partition coefficient (Wildman–Crippen LogP) is 1.22. The van der Waals surface area contributed by atoms with Crippen molar-refractivity contribution in [1.29, 1.82) is 0 Å². The van der Waals surface area contributed by atoms with Gasteiger partial charge in [-0.05, 0) is 24.1 Å². The van der Waals surface area contributed by atoms with E-state index in [1.165, 1.54) is 0 Å². The number of fused-ring (bicyclic) bond motifs is 1. The van der Waals surface area contributed by atoms with Crippen LogP contribution in [-0.2, 0) is 11.2 Å². The maximum atomic E-state index is 12.3. The SMILES string of the molecule is CC(C(=O)NC1c2ccccc2CC1O)n1cccn1. The number of hydrogen-bond donors (Lipinski definition) is 2. The van der Waals surface area contributed by atoms with Crippen LogP contribution in [0.5, 0.6) is 0 Å². The number of nitrogens with one attached hydrogen (secondary N) is 1. The average molecular weight is 271 g/mol. The summed E-state index contributed by atoms with van der Waals surface area (Å²) in [7, 11) is 0. The Bertz CT molecular complexity index is 609. The molecule has 1 aliphatic carbocycles. The molecule has 3 atom stereocenters. The van der Waals surface area contributed by atoms with Gasteiger partial charge in [0.15, 0.2) is 0 Å². The van der Waals surface area contributed by atoms with Crippen LogP contribution in [0.15, 0.2) is 42.7 Å². The first-order valence-electron chi connectivity index (χ1n) is 6.72. The van der Waals surface area contributed by atoms with E-state index < -0.39 is 12.1 Å². The Morgan fingerprint density at radius 2 is 2.25 bits per heavy atom. The fourth-order valence-electron chi connectivity index (χ4n) is 2.65. The lowest BCUT2D eigenvalue weighted by molar-refractivity contribution is -0.125. The van der Waals surface area contributed by atoms with E-state index in [4.69, 9.17) is 0 Å². The summed E-state index contributed by atoms with van der Waals surface area (Å²) in [6.45, 7) is 1.79. The molecule has 0 fully saturated rings. The maximum absolute atomic E-state index is 12.3. The quantitative estimate of drug-likeness (QED) is 0.882. The van der Waals surface area contributed by atoms with Gasteiger partial charge in [0, 0.05) is 18.8 Å². The molecule has 0 saturated carbocycles. The molecule has 0 spiro atoms. The minimum absolute atomic E-state index is 0.144. The van der Waals surface area contributed by atoms with E-state index >= 15 is 0 Å². The summed E-state index contributed by atoms with van der Waals surface area (Å²) in [6.07, 6.45) is 3.41. The fourth-order valence-corrected chi connectivity index (χ4v) is 2.65. The topological polar surface area (TPSA) is 67.2 Å². The van der Waals surface area contributed by atoms with Crippen molar-refractivity contribution in [3.63, 3.8) is 0 Å². The lowest BCUT2D eigenvalue weighted by Gasteiger charge is -2.20. The number of rotatable bonds is 3. The van der Waals surface area contributed by atoms with E-state index in [1.54, 1.807) is 30.1 Å². The molecule has 5 nitrogen and oxygen atoms in total. The van der Waals surface area contributed by atoms with Gasteiger partial charge in [0.2, 0.25) is 5.91 Å². The molecule has 3 unspecified atom stereocenters. The van der Waals surface area contributed by atoms with Crippen LogP contribution in [0.3, 0.4) is 0 Å². The molecule has 1 amide bonds. The number of aliphatic hydroxyl groups excluding tert-OH is 1. The number of benzene rings is 1. The van der Waals surface area contributed by atoms with Crippen LogP contribution >= 0.6 is 0 Å². The molecule has 5 heteroatoms. The Labute approximate surface area is 117 Å². The minimum Gasteiger partial charge on any atom is -0.390 e. The van der Waals surface area contributed by atoms with Crippen LogP contribution in [0.25, 0.3) is 0 Å². The molecular weight excluding hydrogens is 254 g/mol. The molecule has 2 aromatic rings. The summed E-state index contributed by atoms with van der Waals surface area (Å²) in [5.74, 6) is -0.144. The third-order valence-electron chi connectivity index (χ3n) is 3.80. The van der Waals surface area contributed by atoms with Crippen molar-refractivity contribution in [3.05, 3.63) is 53.9 Å². The number of carbonyl (C=O) groups is 1. The van der Waals surface area contributed by atoms with Gasteiger partial charge in [0.1, 0.15) is 6.04 Å². The largest absolute Gasteiger partial charge is 0.390 e. The van der Waals surface area contributed by atoms with E-state index in [2.05, 4.69) is 10.4 Å². The zero-order chi connectivity index (χ0) is 14.1. The lowest BCUT2D eigenvalue weighted by atomic mass is 10.1. The first kappa shape index (κ1) is 12.9. The van der Waals surface area contributed by atoms with E-state index in [0.717, 1.165) is 11.1 Å². The standard InChI is InChI=1S/C15H17N3O2/c1-10(18-8-4-7-16-18)15(20)17-14-12-6-3-2-5-11(12)9-13(14)19/h2-8,10,13-14,19H,9H2,1H3,(H,17,20). The smallest absolute Gasteiger partial charge is 0.245 e. The number of hydrogen-bond acceptors (Lipinski definition) is 3. The Hall–Kier alpha value is -2.14. The molecule has 1 aliphatic rings. The Morgan fingerprint density at radius 1 is 1.45 bits per heavy atom. The summed E-state index contributed by atoms with van der Waals surface area (Å²) in [5.41, 5.74) is 2.10. The van der Waals surface area contributed by atoms with Crippen LogP contribution in [0.2, 0.25) is 0 Å². The molecule has 0 saturated heterocycles. The Balaban J connectivity index is 1.76. The number of carbonyl (C=O) groups excluding carboxylic acids is 1. The molecule has 104 valence electrons. The zero-order valence-electron chi connectivity index (χ0n) is 11.2. The van der Waals surface area contributed by atoms with Crippen molar-refractivity contribution in [2.75, 3.05) is 0 Å². The van der Waals surface area contributed by atoms with Crippen molar-refractivity contribution in [2.24, 2.45) is 0 Å². The Kier molecular flexibility index (Phi) is 3.28. The summed E-state index contributed by atoms with van der Waals surface area (Å²) < 4.78 is 1.60. The second-order valence-corrected chi connectivity index (χ2v) is 5.12. The van der Waals surface area contributed by atoms with Crippen molar-refractivity contribution >= 4 is 5.91 Å². The number of aromatic nitrogens is 2. The lowest BCUT2D eigenvalue weighted by Crippen LogP contribution is -2.38. The monoisotopic (exact) mass is 271 g/mol. The molecule has 0 radical (unpaired) electrons. The molecule has 2 N–H and O–H groups in total. The van der Waals surface area contributed by atoms with Gasteiger partial charge in [0.25, 0.3) is 0 Å². The third kappa shape index (κ3) is 2.20. The molecular formula is C15H17N3O2. The summed E-state index contributed by atoms with van der Waals surface area (Å²) in [5, 5.41) is 17.1. The van der Waals surface area contributed by atoms with Crippen LogP contribution in [-0.4, -0.2) is 26.9 Å². The second-order valence-electron chi connectivity index (χ2n) is 5.12. The van der Waals surface area contributed by atoms with Gasteiger partial charge in [-0.3, -0.25) is 9.48 Å². The van der Waals surface area contributed by atoms with Gasteiger partial charge >= 0.3 is 0 Å². The average Bonchev–Trinajstić information content (AvgIpc) is 3.07. The van der Waals surface area contributed by atoms with Crippen LogP contribution in [0, 0.1) is 0 Å². The van der Waals surface area contributed by atoms with Crippen LogP contribution in [0.4, 0.5) is 0 Å². The van der Waals surface area contributed by atoms with Crippen LogP contribution < -0.4 is 5.32 Å². The number of amides is 1. The highest BCUT2D eigenvalue weighted by Crippen LogP contribution is 2.31. The molecule has 1 aromatic heterocycles. The zero-order valence-corrected chi connectivity index (χ0v) is 11.2. The van der Waals surface area contributed by atoms with E-state index in [0.29, 0.717) is 6.42 Å². The van der Waals surface area contributed by atoms with Crippen molar-refractivity contribution in [1.82, 2.24) is 15.1 Å². The number of nitrogens with zero attached hydrogens (tertiary/aromatic N) is 2. The molecule has 3 rings (SSSR count).